The molecule has 3 unspecified atom stereocenters. The highest BCUT2D eigenvalue weighted by atomic mass is 16.2. The summed E-state index contributed by atoms with van der Waals surface area (Å²) in [6.07, 6.45) is 4.54. The normalized spacial score (nSPS) is 31.9. The first-order valence-electron chi connectivity index (χ1n) is 7.79. The minimum Gasteiger partial charge on any atom is -0.353 e. The summed E-state index contributed by atoms with van der Waals surface area (Å²) in [7, 11) is 0. The van der Waals surface area contributed by atoms with Crippen LogP contribution >= 0.6 is 0 Å². The van der Waals surface area contributed by atoms with E-state index < -0.39 is 0 Å². The highest BCUT2D eigenvalue weighted by Gasteiger charge is 2.33. The zero-order chi connectivity index (χ0) is 14.7. The maximum absolute atomic E-state index is 12.5. The van der Waals surface area contributed by atoms with Crippen molar-refractivity contribution in [2.45, 2.75) is 58.0 Å². The third kappa shape index (κ3) is 3.72. The molecule has 2 amide bonds. The summed E-state index contributed by atoms with van der Waals surface area (Å²) in [5, 5.41) is 2.94. The van der Waals surface area contributed by atoms with Gasteiger partial charge in [0.2, 0.25) is 11.8 Å². The van der Waals surface area contributed by atoms with Gasteiger partial charge in [-0.3, -0.25) is 9.59 Å². The van der Waals surface area contributed by atoms with E-state index in [9.17, 15) is 9.59 Å². The summed E-state index contributed by atoms with van der Waals surface area (Å²) in [5.74, 6) is 0.909. The maximum Gasteiger partial charge on any atom is 0.225 e. The van der Waals surface area contributed by atoms with Gasteiger partial charge in [0.15, 0.2) is 0 Å². The van der Waals surface area contributed by atoms with Crippen molar-refractivity contribution >= 4 is 11.8 Å². The Bertz CT molecular complexity index is 364. The topological polar surface area (TPSA) is 75.4 Å². The van der Waals surface area contributed by atoms with Crippen LogP contribution in [-0.4, -0.2) is 41.9 Å². The van der Waals surface area contributed by atoms with Crippen LogP contribution in [0.5, 0.6) is 0 Å². The first-order valence-corrected chi connectivity index (χ1v) is 7.79. The number of rotatable bonds is 2. The average Bonchev–Trinajstić information content (AvgIpc) is 2.41. The van der Waals surface area contributed by atoms with Crippen molar-refractivity contribution in [3.8, 4) is 0 Å². The molecule has 1 saturated carbocycles. The number of carbonyl (C=O) groups excluding carboxylic acids is 2. The Hall–Kier alpha value is -1.10. The quantitative estimate of drug-likeness (QED) is 0.789. The standard InChI is InChI=1S/C15H27N3O2/c1-10-9-12(3-4-14(10)16)15(20)18-7-5-13(6-8-18)17-11(2)19/h10,12-14H,3-9,16H2,1-2H3,(H,17,19). The molecule has 20 heavy (non-hydrogen) atoms. The molecule has 0 aromatic heterocycles. The lowest BCUT2D eigenvalue weighted by Gasteiger charge is -2.37. The van der Waals surface area contributed by atoms with Gasteiger partial charge >= 0.3 is 0 Å². The molecule has 0 bridgehead atoms. The number of nitrogens with two attached hydrogens (primary N) is 1. The van der Waals surface area contributed by atoms with Gasteiger partial charge in [-0.25, -0.2) is 0 Å². The number of likely N-dealkylation sites (tertiary alicyclic amines) is 1. The molecule has 1 aliphatic carbocycles. The van der Waals surface area contributed by atoms with E-state index in [-0.39, 0.29) is 23.9 Å². The van der Waals surface area contributed by atoms with Crippen molar-refractivity contribution in [2.75, 3.05) is 13.1 Å². The van der Waals surface area contributed by atoms with Crippen LogP contribution in [0.3, 0.4) is 0 Å². The summed E-state index contributed by atoms with van der Waals surface area (Å²) < 4.78 is 0. The minimum atomic E-state index is 0.0184. The number of piperidine rings is 1. The van der Waals surface area contributed by atoms with Crippen LogP contribution in [0.15, 0.2) is 0 Å². The molecule has 1 saturated heterocycles. The number of nitrogens with one attached hydrogen (secondary N) is 1. The average molecular weight is 281 g/mol. The molecule has 1 heterocycles. The second kappa shape index (κ2) is 6.57. The molecule has 0 spiro atoms. The second-order valence-electron chi connectivity index (χ2n) is 6.45. The first kappa shape index (κ1) is 15.3. The van der Waals surface area contributed by atoms with E-state index in [2.05, 4.69) is 12.2 Å². The summed E-state index contributed by atoms with van der Waals surface area (Å²) >= 11 is 0. The molecule has 3 atom stereocenters. The summed E-state index contributed by atoms with van der Waals surface area (Å²) in [6, 6.07) is 0.486. The van der Waals surface area contributed by atoms with Crippen LogP contribution in [0.1, 0.15) is 46.0 Å². The van der Waals surface area contributed by atoms with Crippen molar-refractivity contribution in [3.63, 3.8) is 0 Å². The predicted molar refractivity (Wildman–Crippen MR) is 77.9 cm³/mol. The van der Waals surface area contributed by atoms with Crippen LogP contribution in [0.4, 0.5) is 0 Å². The smallest absolute Gasteiger partial charge is 0.225 e. The number of nitrogens with zero attached hydrogens (tertiary/aromatic N) is 1. The molecular weight excluding hydrogens is 254 g/mol. The third-order valence-corrected chi connectivity index (χ3v) is 4.80. The van der Waals surface area contributed by atoms with E-state index in [4.69, 9.17) is 5.73 Å². The van der Waals surface area contributed by atoms with E-state index in [1.54, 1.807) is 6.92 Å². The van der Waals surface area contributed by atoms with Crippen LogP contribution in [0.25, 0.3) is 0 Å². The number of amides is 2. The molecule has 5 heteroatoms. The summed E-state index contributed by atoms with van der Waals surface area (Å²) in [4.78, 5) is 25.5. The fraction of sp³-hybridized carbons (Fsp3) is 0.867. The molecule has 0 aromatic carbocycles. The van der Waals surface area contributed by atoms with E-state index in [1.165, 1.54) is 0 Å². The number of hydrogen-bond donors (Lipinski definition) is 2. The molecule has 2 rings (SSSR count). The Balaban J connectivity index is 1.81. The molecule has 114 valence electrons. The molecule has 3 N–H and O–H groups in total. The maximum atomic E-state index is 12.5. The van der Waals surface area contributed by atoms with Gasteiger partial charge in [0.25, 0.3) is 0 Å². The van der Waals surface area contributed by atoms with Gasteiger partial charge in [0, 0.05) is 38.0 Å². The Kier molecular flexibility index (Phi) is 5.02. The van der Waals surface area contributed by atoms with Gasteiger partial charge in [-0.05, 0) is 38.0 Å². The zero-order valence-corrected chi connectivity index (χ0v) is 12.6. The lowest BCUT2D eigenvalue weighted by atomic mass is 9.78. The second-order valence-corrected chi connectivity index (χ2v) is 6.45. The number of carbonyl (C=O) groups is 2. The van der Waals surface area contributed by atoms with Crippen molar-refractivity contribution in [3.05, 3.63) is 0 Å². The lowest BCUT2D eigenvalue weighted by Crippen LogP contribution is -2.49. The largest absolute Gasteiger partial charge is 0.353 e. The summed E-state index contributed by atoms with van der Waals surface area (Å²) in [6.45, 7) is 5.22. The summed E-state index contributed by atoms with van der Waals surface area (Å²) in [5.41, 5.74) is 6.02. The van der Waals surface area contributed by atoms with Gasteiger partial charge in [-0.2, -0.15) is 0 Å². The highest BCUT2D eigenvalue weighted by molar-refractivity contribution is 5.79. The van der Waals surface area contributed by atoms with E-state index in [1.807, 2.05) is 4.90 Å². The minimum absolute atomic E-state index is 0.0184. The predicted octanol–water partition coefficient (Wildman–Crippen LogP) is 0.877. The molecule has 2 fully saturated rings. The van der Waals surface area contributed by atoms with Gasteiger partial charge in [0.05, 0.1) is 0 Å². The fourth-order valence-corrected chi connectivity index (χ4v) is 3.43. The Morgan fingerprint density at radius 3 is 2.35 bits per heavy atom. The fourth-order valence-electron chi connectivity index (χ4n) is 3.43. The molecule has 0 radical (unpaired) electrons. The van der Waals surface area contributed by atoms with Crippen LogP contribution in [0, 0.1) is 11.8 Å². The van der Waals surface area contributed by atoms with Crippen molar-refractivity contribution in [2.24, 2.45) is 17.6 Å². The Labute approximate surface area is 121 Å². The number of hydrogen-bond acceptors (Lipinski definition) is 3. The SMILES string of the molecule is CC(=O)NC1CCN(C(=O)C2CCC(N)C(C)C2)CC1. The van der Waals surface area contributed by atoms with Gasteiger partial charge < -0.3 is 16.0 Å². The zero-order valence-electron chi connectivity index (χ0n) is 12.6. The first-order chi connectivity index (χ1) is 9.47. The molecule has 2 aliphatic rings. The Morgan fingerprint density at radius 1 is 1.15 bits per heavy atom. The molecule has 1 aliphatic heterocycles. The van der Waals surface area contributed by atoms with Gasteiger partial charge in [-0.15, -0.1) is 0 Å². The van der Waals surface area contributed by atoms with Crippen molar-refractivity contribution < 1.29 is 9.59 Å². The van der Waals surface area contributed by atoms with E-state index in [0.29, 0.717) is 11.8 Å². The van der Waals surface area contributed by atoms with Crippen molar-refractivity contribution in [1.29, 1.82) is 0 Å². The molecular formula is C15H27N3O2. The highest BCUT2D eigenvalue weighted by Crippen LogP contribution is 2.30. The lowest BCUT2D eigenvalue weighted by molar-refractivity contribution is -0.138. The monoisotopic (exact) mass is 281 g/mol. The molecule has 0 aromatic rings. The van der Waals surface area contributed by atoms with Crippen LogP contribution in [-0.2, 0) is 9.59 Å². The van der Waals surface area contributed by atoms with Gasteiger partial charge in [0.1, 0.15) is 0 Å². The van der Waals surface area contributed by atoms with E-state index >= 15 is 0 Å². The Morgan fingerprint density at radius 2 is 1.80 bits per heavy atom. The van der Waals surface area contributed by atoms with Crippen molar-refractivity contribution in [1.82, 2.24) is 10.2 Å². The molecule has 5 nitrogen and oxygen atoms in total. The van der Waals surface area contributed by atoms with Gasteiger partial charge in [-0.1, -0.05) is 6.92 Å². The van der Waals surface area contributed by atoms with Crippen LogP contribution < -0.4 is 11.1 Å². The third-order valence-electron chi connectivity index (χ3n) is 4.80. The van der Waals surface area contributed by atoms with Crippen LogP contribution in [0.2, 0.25) is 0 Å². The van der Waals surface area contributed by atoms with E-state index in [0.717, 1.165) is 45.2 Å².